The van der Waals surface area contributed by atoms with E-state index >= 15 is 0 Å². The maximum absolute atomic E-state index is 14.0. The summed E-state index contributed by atoms with van der Waals surface area (Å²) in [7, 11) is 0. The molecular formula is C27H38N2O5S. The summed E-state index contributed by atoms with van der Waals surface area (Å²) in [5.41, 5.74) is 0.0543. The third kappa shape index (κ3) is 7.08. The van der Waals surface area contributed by atoms with Gasteiger partial charge in [-0.3, -0.25) is 14.5 Å². The van der Waals surface area contributed by atoms with Gasteiger partial charge in [0.1, 0.15) is 10.9 Å². The maximum Gasteiger partial charge on any atom is 0.348 e. The van der Waals surface area contributed by atoms with Crippen LogP contribution in [0.1, 0.15) is 87.2 Å². The van der Waals surface area contributed by atoms with Crippen LogP contribution in [0.25, 0.3) is 0 Å². The van der Waals surface area contributed by atoms with Gasteiger partial charge in [0.25, 0.3) is 0 Å². The van der Waals surface area contributed by atoms with Crippen molar-refractivity contribution in [2.75, 3.05) is 31.2 Å². The van der Waals surface area contributed by atoms with Gasteiger partial charge < -0.3 is 14.7 Å². The van der Waals surface area contributed by atoms with Crippen LogP contribution in [0.2, 0.25) is 0 Å². The van der Waals surface area contributed by atoms with Gasteiger partial charge in [-0.05, 0) is 46.1 Å². The van der Waals surface area contributed by atoms with Crippen molar-refractivity contribution in [2.45, 2.75) is 78.7 Å². The number of hydrogen-bond acceptors (Lipinski definition) is 5. The standard InChI is InChI=1S/C27H38N2O5S/c1-5-9-21(25(31)28-14-16-34-17-15-28)29(24(30)19-10-7-6-8-11-19)22-18-20(12-13-27(2,3)4)35-23(22)26(32)33/h18-19,21H,5-11,14-17H2,1-4H3,(H,32,33)/t21-/m0/s1. The Hall–Kier alpha value is -2.37. The Labute approximate surface area is 212 Å². The van der Waals surface area contributed by atoms with Gasteiger partial charge in [-0.1, -0.05) is 44.4 Å². The van der Waals surface area contributed by atoms with Gasteiger partial charge in [-0.15, -0.1) is 11.3 Å². The number of rotatable bonds is 7. The summed E-state index contributed by atoms with van der Waals surface area (Å²) in [4.78, 5) is 44.0. The zero-order valence-electron chi connectivity index (χ0n) is 21.4. The molecule has 0 bridgehead atoms. The number of nitrogens with zero attached hydrogens (tertiary/aromatic N) is 2. The fraction of sp³-hybridized carbons (Fsp3) is 0.667. The van der Waals surface area contributed by atoms with Crippen molar-refractivity contribution in [1.29, 1.82) is 0 Å². The summed E-state index contributed by atoms with van der Waals surface area (Å²) in [6.45, 7) is 9.83. The number of hydrogen-bond donors (Lipinski definition) is 1. The second kappa shape index (κ2) is 12.0. The highest BCUT2D eigenvalue weighted by Crippen LogP contribution is 2.36. The van der Waals surface area contributed by atoms with Crippen LogP contribution in [0.3, 0.4) is 0 Å². The molecule has 0 radical (unpaired) electrons. The van der Waals surface area contributed by atoms with Gasteiger partial charge in [-0.25, -0.2) is 4.79 Å². The molecule has 1 aromatic heterocycles. The molecule has 1 saturated heterocycles. The normalized spacial score (nSPS) is 17.9. The SMILES string of the molecule is CCC[C@@H](C(=O)N1CCOCC1)N(C(=O)C1CCCCC1)c1cc(C#CC(C)(C)C)sc1C(=O)O. The number of anilines is 1. The van der Waals surface area contributed by atoms with E-state index in [0.29, 0.717) is 49.7 Å². The summed E-state index contributed by atoms with van der Waals surface area (Å²) < 4.78 is 5.42. The summed E-state index contributed by atoms with van der Waals surface area (Å²) in [5, 5.41) is 10.1. The molecule has 192 valence electrons. The Morgan fingerprint density at radius 2 is 1.86 bits per heavy atom. The number of amides is 2. The second-order valence-electron chi connectivity index (χ2n) is 10.4. The molecule has 3 rings (SSSR count). The number of morpholine rings is 1. The number of thiophene rings is 1. The molecule has 1 saturated carbocycles. The molecule has 1 aromatic rings. The van der Waals surface area contributed by atoms with Gasteiger partial charge in [-0.2, -0.15) is 0 Å². The van der Waals surface area contributed by atoms with Crippen LogP contribution in [-0.4, -0.2) is 60.1 Å². The van der Waals surface area contributed by atoms with Crippen molar-refractivity contribution in [1.82, 2.24) is 4.90 Å². The molecule has 1 aliphatic heterocycles. The fourth-order valence-electron chi connectivity index (χ4n) is 4.64. The van der Waals surface area contributed by atoms with Crippen LogP contribution >= 0.6 is 11.3 Å². The highest BCUT2D eigenvalue weighted by atomic mass is 32.1. The first-order chi connectivity index (χ1) is 16.6. The quantitative estimate of drug-likeness (QED) is 0.542. The van der Waals surface area contributed by atoms with E-state index in [1.54, 1.807) is 11.0 Å². The van der Waals surface area contributed by atoms with E-state index in [1.165, 1.54) is 4.90 Å². The highest BCUT2D eigenvalue weighted by Gasteiger charge is 2.39. The largest absolute Gasteiger partial charge is 0.477 e. The topological polar surface area (TPSA) is 87.2 Å². The van der Waals surface area contributed by atoms with E-state index < -0.39 is 12.0 Å². The van der Waals surface area contributed by atoms with Gasteiger partial charge in [0, 0.05) is 24.4 Å². The minimum absolute atomic E-state index is 0.0586. The summed E-state index contributed by atoms with van der Waals surface area (Å²) in [6.07, 6.45) is 5.73. The molecule has 8 heteroatoms. The van der Waals surface area contributed by atoms with E-state index in [9.17, 15) is 19.5 Å². The molecule has 2 fully saturated rings. The minimum Gasteiger partial charge on any atom is -0.477 e. The molecular weight excluding hydrogens is 464 g/mol. The predicted molar refractivity (Wildman–Crippen MR) is 138 cm³/mol. The van der Waals surface area contributed by atoms with E-state index in [4.69, 9.17) is 4.74 Å². The molecule has 1 aliphatic carbocycles. The smallest absolute Gasteiger partial charge is 0.348 e. The molecule has 0 unspecified atom stereocenters. The third-order valence-electron chi connectivity index (χ3n) is 6.40. The number of aromatic carboxylic acids is 1. The zero-order chi connectivity index (χ0) is 25.6. The second-order valence-corrected chi connectivity index (χ2v) is 11.5. The highest BCUT2D eigenvalue weighted by molar-refractivity contribution is 7.15. The van der Waals surface area contributed by atoms with Crippen LogP contribution in [0, 0.1) is 23.2 Å². The van der Waals surface area contributed by atoms with Crippen molar-refractivity contribution in [2.24, 2.45) is 11.3 Å². The van der Waals surface area contributed by atoms with Gasteiger partial charge in [0.15, 0.2) is 0 Å². The third-order valence-corrected chi connectivity index (χ3v) is 7.43. The number of carbonyl (C=O) groups is 3. The molecule has 0 aromatic carbocycles. The first kappa shape index (κ1) is 27.2. The van der Waals surface area contributed by atoms with Crippen LogP contribution in [0.5, 0.6) is 0 Å². The molecule has 2 heterocycles. The van der Waals surface area contributed by atoms with E-state index in [-0.39, 0.29) is 28.0 Å². The lowest BCUT2D eigenvalue weighted by molar-refractivity contribution is -0.139. The van der Waals surface area contributed by atoms with E-state index in [0.717, 1.165) is 43.4 Å². The lowest BCUT2D eigenvalue weighted by atomic mass is 9.87. The van der Waals surface area contributed by atoms with Gasteiger partial charge >= 0.3 is 5.97 Å². The molecule has 0 spiro atoms. The summed E-state index contributed by atoms with van der Waals surface area (Å²) in [5.74, 6) is 4.66. The number of carboxylic acid groups (broad SMARTS) is 1. The monoisotopic (exact) mass is 502 g/mol. The van der Waals surface area contributed by atoms with Crippen molar-refractivity contribution in [3.05, 3.63) is 15.8 Å². The van der Waals surface area contributed by atoms with Crippen LogP contribution in [0.15, 0.2) is 6.07 Å². The number of carbonyl (C=O) groups excluding carboxylic acids is 2. The average Bonchev–Trinajstić information content (AvgIpc) is 3.27. The van der Waals surface area contributed by atoms with Crippen molar-refractivity contribution in [3.63, 3.8) is 0 Å². The zero-order valence-corrected chi connectivity index (χ0v) is 22.2. The lowest BCUT2D eigenvalue weighted by Crippen LogP contribution is -2.55. The first-order valence-corrected chi connectivity index (χ1v) is 13.5. The Bertz CT molecular complexity index is 972. The number of carboxylic acids is 1. The van der Waals surface area contributed by atoms with Crippen molar-refractivity contribution in [3.8, 4) is 11.8 Å². The predicted octanol–water partition coefficient (Wildman–Crippen LogP) is 4.78. The first-order valence-electron chi connectivity index (χ1n) is 12.7. The molecule has 7 nitrogen and oxygen atoms in total. The molecule has 1 atom stereocenters. The average molecular weight is 503 g/mol. The van der Waals surface area contributed by atoms with Crippen LogP contribution in [0.4, 0.5) is 5.69 Å². The van der Waals surface area contributed by atoms with E-state index in [1.807, 2.05) is 27.7 Å². The fourth-order valence-corrected chi connectivity index (χ4v) is 5.48. The van der Waals surface area contributed by atoms with Crippen molar-refractivity contribution >= 4 is 34.8 Å². The molecule has 35 heavy (non-hydrogen) atoms. The Balaban J connectivity index is 2.10. The number of ether oxygens (including phenoxy) is 1. The Morgan fingerprint density at radius 3 is 2.43 bits per heavy atom. The molecule has 2 amide bonds. The minimum atomic E-state index is -1.11. The Kier molecular flexibility index (Phi) is 9.37. The summed E-state index contributed by atoms with van der Waals surface area (Å²) in [6, 6.07) is 0.951. The van der Waals surface area contributed by atoms with Crippen LogP contribution < -0.4 is 4.90 Å². The van der Waals surface area contributed by atoms with Crippen molar-refractivity contribution < 1.29 is 24.2 Å². The van der Waals surface area contributed by atoms with Gasteiger partial charge in [0.2, 0.25) is 11.8 Å². The van der Waals surface area contributed by atoms with Gasteiger partial charge in [0.05, 0.1) is 23.8 Å². The van der Waals surface area contributed by atoms with Crippen LogP contribution in [-0.2, 0) is 14.3 Å². The molecule has 1 N–H and O–H groups in total. The van der Waals surface area contributed by atoms with E-state index in [2.05, 4.69) is 11.8 Å². The Morgan fingerprint density at radius 1 is 1.20 bits per heavy atom. The summed E-state index contributed by atoms with van der Waals surface area (Å²) >= 11 is 1.07. The lowest BCUT2D eigenvalue weighted by Gasteiger charge is -2.38. The molecule has 2 aliphatic rings. The maximum atomic E-state index is 14.0.